The van der Waals surface area contributed by atoms with Gasteiger partial charge in [0.1, 0.15) is 11.5 Å². The normalized spacial score (nSPS) is 20.7. The molecule has 4 rings (SSSR count). The van der Waals surface area contributed by atoms with Crippen molar-refractivity contribution in [1.29, 1.82) is 0 Å². The van der Waals surface area contributed by atoms with E-state index in [0.29, 0.717) is 11.5 Å². The van der Waals surface area contributed by atoms with Crippen molar-refractivity contribution in [2.75, 3.05) is 0 Å². The minimum absolute atomic E-state index is 0.000951. The maximum atomic E-state index is 11.1. The molecule has 0 aliphatic heterocycles. The van der Waals surface area contributed by atoms with Crippen LogP contribution in [0.3, 0.4) is 0 Å². The lowest BCUT2D eigenvalue weighted by Crippen LogP contribution is -2.27. The lowest BCUT2D eigenvalue weighted by Gasteiger charge is -2.31. The third-order valence-electron chi connectivity index (χ3n) is 7.86. The summed E-state index contributed by atoms with van der Waals surface area (Å²) in [6, 6.07) is 8.61. The smallest absolute Gasteiger partial charge is 0.119 e. The number of hydrogen-bond donors (Lipinski definition) is 2. The SMILES string of the molecule is CC(C)(C)c1cc2c(cc1O)C1(CC2(C)C)CC(C)(C)c2cc(C(C)(C)C)c(O)cc21. The highest BCUT2D eigenvalue weighted by Gasteiger charge is 2.57. The molecule has 0 unspecified atom stereocenters. The van der Waals surface area contributed by atoms with Gasteiger partial charge >= 0.3 is 0 Å². The number of fused-ring (bicyclic) bond motifs is 4. The van der Waals surface area contributed by atoms with Gasteiger partial charge in [-0.25, -0.2) is 0 Å². The first kappa shape index (κ1) is 22.2. The summed E-state index contributed by atoms with van der Waals surface area (Å²) in [5.41, 5.74) is 6.80. The van der Waals surface area contributed by atoms with E-state index in [9.17, 15) is 10.2 Å². The van der Waals surface area contributed by atoms with Crippen LogP contribution >= 0.6 is 0 Å². The molecule has 2 aromatic rings. The summed E-state index contributed by atoms with van der Waals surface area (Å²) in [6.45, 7) is 22.3. The summed E-state index contributed by atoms with van der Waals surface area (Å²) in [5.74, 6) is 0.787. The summed E-state index contributed by atoms with van der Waals surface area (Å²) < 4.78 is 0. The molecule has 2 aliphatic carbocycles. The van der Waals surface area contributed by atoms with Gasteiger partial charge in [-0.2, -0.15) is 0 Å². The Bertz CT molecular complexity index is 984. The molecular formula is C29H40O2. The van der Waals surface area contributed by atoms with Gasteiger partial charge in [0.2, 0.25) is 0 Å². The second-order valence-corrected chi connectivity index (χ2v) is 13.5. The predicted octanol–water partition coefficient (Wildman–Crippen LogP) is 7.34. The Hall–Kier alpha value is -1.96. The molecular weight excluding hydrogens is 380 g/mol. The first-order valence-corrected chi connectivity index (χ1v) is 11.7. The lowest BCUT2D eigenvalue weighted by molar-refractivity contribution is 0.348. The van der Waals surface area contributed by atoms with Crippen LogP contribution in [-0.4, -0.2) is 10.2 Å². The van der Waals surface area contributed by atoms with E-state index in [1.807, 2.05) is 12.1 Å². The largest absolute Gasteiger partial charge is 0.508 e. The summed E-state index contributed by atoms with van der Waals surface area (Å²) >= 11 is 0. The van der Waals surface area contributed by atoms with Crippen LogP contribution in [0.25, 0.3) is 0 Å². The van der Waals surface area contributed by atoms with E-state index in [1.54, 1.807) is 0 Å². The van der Waals surface area contributed by atoms with Gasteiger partial charge in [0.15, 0.2) is 0 Å². The number of phenolic OH excluding ortho intramolecular Hbond substituents is 2. The Labute approximate surface area is 188 Å². The fourth-order valence-electron chi connectivity index (χ4n) is 6.58. The third-order valence-corrected chi connectivity index (χ3v) is 7.86. The van der Waals surface area contributed by atoms with Gasteiger partial charge in [-0.05, 0) is 80.0 Å². The maximum absolute atomic E-state index is 11.1. The van der Waals surface area contributed by atoms with Crippen molar-refractivity contribution < 1.29 is 10.2 Å². The maximum Gasteiger partial charge on any atom is 0.119 e. The van der Waals surface area contributed by atoms with Crippen LogP contribution in [0, 0.1) is 0 Å². The van der Waals surface area contributed by atoms with Crippen molar-refractivity contribution in [2.24, 2.45) is 0 Å². The van der Waals surface area contributed by atoms with Crippen molar-refractivity contribution in [1.82, 2.24) is 0 Å². The van der Waals surface area contributed by atoms with E-state index in [4.69, 9.17) is 0 Å². The van der Waals surface area contributed by atoms with Crippen molar-refractivity contribution in [3.05, 3.63) is 57.6 Å². The van der Waals surface area contributed by atoms with Crippen molar-refractivity contribution >= 4 is 0 Å². The number of rotatable bonds is 0. The standard InChI is InChI=1S/C29H40O2/c1-25(2,3)21-11-17-19(13-23(21)30)29(15-27(17,7)8)16-28(9,10)18-12-22(26(4,5)6)24(31)14-20(18)29/h11-14,30-31H,15-16H2,1-10H3. The summed E-state index contributed by atoms with van der Waals surface area (Å²) in [5, 5.41) is 22.1. The van der Waals surface area contributed by atoms with Crippen LogP contribution in [0.4, 0.5) is 0 Å². The van der Waals surface area contributed by atoms with E-state index in [1.165, 1.54) is 22.3 Å². The van der Waals surface area contributed by atoms with Crippen molar-refractivity contribution in [2.45, 2.75) is 109 Å². The van der Waals surface area contributed by atoms with Crippen molar-refractivity contribution in [3.63, 3.8) is 0 Å². The van der Waals surface area contributed by atoms with Crippen LogP contribution < -0.4 is 0 Å². The minimum Gasteiger partial charge on any atom is -0.508 e. The van der Waals surface area contributed by atoms with Crippen LogP contribution in [0.5, 0.6) is 11.5 Å². The highest BCUT2D eigenvalue weighted by molar-refractivity contribution is 5.64. The minimum atomic E-state index is -0.181. The van der Waals surface area contributed by atoms with E-state index in [-0.39, 0.29) is 27.1 Å². The monoisotopic (exact) mass is 420 g/mol. The van der Waals surface area contributed by atoms with Crippen LogP contribution in [0.2, 0.25) is 0 Å². The topological polar surface area (TPSA) is 40.5 Å². The molecule has 0 fully saturated rings. The zero-order valence-corrected chi connectivity index (χ0v) is 21.1. The van der Waals surface area contributed by atoms with Gasteiger partial charge in [0, 0.05) is 5.41 Å². The Morgan fingerprint density at radius 3 is 1.19 bits per heavy atom. The molecule has 2 nitrogen and oxygen atoms in total. The summed E-state index contributed by atoms with van der Waals surface area (Å²) in [4.78, 5) is 0. The molecule has 0 saturated carbocycles. The van der Waals surface area contributed by atoms with Gasteiger partial charge in [0.25, 0.3) is 0 Å². The van der Waals surface area contributed by atoms with Crippen LogP contribution in [0.15, 0.2) is 24.3 Å². The van der Waals surface area contributed by atoms with E-state index < -0.39 is 0 Å². The summed E-state index contributed by atoms with van der Waals surface area (Å²) in [7, 11) is 0. The van der Waals surface area contributed by atoms with Crippen LogP contribution in [-0.2, 0) is 27.1 Å². The molecule has 0 saturated heterocycles. The first-order chi connectivity index (χ1) is 13.9. The van der Waals surface area contributed by atoms with Gasteiger partial charge in [-0.1, -0.05) is 81.4 Å². The van der Waals surface area contributed by atoms with Crippen LogP contribution in [0.1, 0.15) is 115 Å². The third kappa shape index (κ3) is 3.12. The molecule has 0 amide bonds. The molecule has 0 bridgehead atoms. The quantitative estimate of drug-likeness (QED) is 0.468. The molecule has 2 aliphatic rings. The van der Waals surface area contributed by atoms with E-state index >= 15 is 0 Å². The number of hydrogen-bond acceptors (Lipinski definition) is 2. The molecule has 31 heavy (non-hydrogen) atoms. The fourth-order valence-corrected chi connectivity index (χ4v) is 6.58. The summed E-state index contributed by atoms with van der Waals surface area (Å²) in [6.07, 6.45) is 1.99. The molecule has 1 spiro atoms. The number of aromatic hydroxyl groups is 2. The zero-order valence-electron chi connectivity index (χ0n) is 21.1. The lowest BCUT2D eigenvalue weighted by atomic mass is 9.72. The molecule has 0 radical (unpaired) electrons. The van der Waals surface area contributed by atoms with Gasteiger partial charge < -0.3 is 10.2 Å². The first-order valence-electron chi connectivity index (χ1n) is 11.7. The van der Waals surface area contributed by atoms with Crippen molar-refractivity contribution in [3.8, 4) is 11.5 Å². The van der Waals surface area contributed by atoms with Gasteiger partial charge in [-0.3, -0.25) is 0 Å². The Balaban J connectivity index is 2.03. The Kier molecular flexibility index (Phi) is 4.37. The molecule has 2 N–H and O–H groups in total. The predicted molar refractivity (Wildman–Crippen MR) is 130 cm³/mol. The average molecular weight is 421 g/mol. The molecule has 0 heterocycles. The van der Waals surface area contributed by atoms with E-state index in [0.717, 1.165) is 24.0 Å². The second kappa shape index (κ2) is 6.09. The van der Waals surface area contributed by atoms with E-state index in [2.05, 4.69) is 81.4 Å². The number of phenols is 2. The number of benzene rings is 2. The Morgan fingerprint density at radius 2 is 0.903 bits per heavy atom. The zero-order chi connectivity index (χ0) is 23.4. The molecule has 0 aromatic heterocycles. The highest BCUT2D eigenvalue weighted by atomic mass is 16.3. The second-order valence-electron chi connectivity index (χ2n) is 13.5. The van der Waals surface area contributed by atoms with Gasteiger partial charge in [0.05, 0.1) is 0 Å². The Morgan fingerprint density at radius 1 is 0.581 bits per heavy atom. The highest BCUT2D eigenvalue weighted by Crippen LogP contribution is 2.64. The molecule has 0 atom stereocenters. The average Bonchev–Trinajstić information content (AvgIpc) is 2.91. The molecule has 168 valence electrons. The molecule has 2 aromatic carbocycles. The molecule has 2 heteroatoms. The fraction of sp³-hybridized carbons (Fsp3) is 0.586. The van der Waals surface area contributed by atoms with Gasteiger partial charge in [-0.15, -0.1) is 0 Å².